The number of carbonyl (C=O) groups is 1. The van der Waals surface area contributed by atoms with Gasteiger partial charge in [0.25, 0.3) is 0 Å². The molecule has 1 aliphatic heterocycles. The molecular weight excluding hydrogens is 442 g/mol. The van der Waals surface area contributed by atoms with Gasteiger partial charge in [-0.2, -0.15) is 4.98 Å². The molecule has 5 nitrogen and oxygen atoms in total. The van der Waals surface area contributed by atoms with Crippen LogP contribution in [0.5, 0.6) is 11.6 Å². The van der Waals surface area contributed by atoms with Crippen LogP contribution in [-0.4, -0.2) is 21.6 Å². The Balaban J connectivity index is 1.44. The SMILES string of the molecule is Cc1ccc(NC(=O)CSc2nc(-c3ccc(C)cc3)nc3c2Cc2cc(C)ccc2O3)cc1. The molecule has 0 radical (unpaired) electrons. The minimum atomic E-state index is -0.0777. The molecule has 1 N–H and O–H groups in total. The third kappa shape index (κ3) is 4.82. The zero-order valence-corrected chi connectivity index (χ0v) is 20.2. The van der Waals surface area contributed by atoms with Crippen LogP contribution in [0, 0.1) is 20.8 Å². The Kier molecular flexibility index (Phi) is 6.07. The number of anilines is 1. The van der Waals surface area contributed by atoms with E-state index in [0.717, 1.165) is 38.7 Å². The summed E-state index contributed by atoms with van der Waals surface area (Å²) in [4.78, 5) is 22.3. The van der Waals surface area contributed by atoms with Gasteiger partial charge >= 0.3 is 0 Å². The summed E-state index contributed by atoms with van der Waals surface area (Å²) >= 11 is 1.41. The van der Waals surface area contributed by atoms with E-state index in [1.807, 2.05) is 74.5 Å². The molecule has 0 spiro atoms. The largest absolute Gasteiger partial charge is 0.438 e. The Morgan fingerprint density at radius 1 is 0.912 bits per heavy atom. The van der Waals surface area contributed by atoms with Crippen LogP contribution in [-0.2, 0) is 11.2 Å². The highest BCUT2D eigenvalue weighted by Crippen LogP contribution is 2.40. The molecular formula is C28H25N3O2S. The average Bonchev–Trinajstić information content (AvgIpc) is 2.83. The van der Waals surface area contributed by atoms with Crippen LogP contribution in [0.2, 0.25) is 0 Å². The number of amides is 1. The third-order valence-electron chi connectivity index (χ3n) is 5.71. The summed E-state index contributed by atoms with van der Waals surface area (Å²) in [5.74, 6) is 2.13. The summed E-state index contributed by atoms with van der Waals surface area (Å²) in [5, 5.41) is 3.73. The summed E-state index contributed by atoms with van der Waals surface area (Å²) in [6.07, 6.45) is 0.669. The van der Waals surface area contributed by atoms with Crippen LogP contribution in [0.4, 0.5) is 5.69 Å². The van der Waals surface area contributed by atoms with E-state index in [9.17, 15) is 4.79 Å². The molecule has 170 valence electrons. The quantitative estimate of drug-likeness (QED) is 0.236. The van der Waals surface area contributed by atoms with Crippen LogP contribution in [0.25, 0.3) is 11.4 Å². The van der Waals surface area contributed by atoms with Crippen LogP contribution in [0.3, 0.4) is 0 Å². The number of nitrogens with zero attached hydrogens (tertiary/aromatic N) is 2. The smallest absolute Gasteiger partial charge is 0.234 e. The van der Waals surface area contributed by atoms with Crippen molar-refractivity contribution in [3.63, 3.8) is 0 Å². The van der Waals surface area contributed by atoms with Gasteiger partial charge in [0, 0.05) is 17.7 Å². The molecule has 3 aromatic carbocycles. The van der Waals surface area contributed by atoms with Crippen molar-refractivity contribution in [2.24, 2.45) is 0 Å². The number of hydrogen-bond donors (Lipinski definition) is 1. The number of fused-ring (bicyclic) bond motifs is 2. The molecule has 0 unspecified atom stereocenters. The maximum Gasteiger partial charge on any atom is 0.234 e. The summed E-state index contributed by atoms with van der Waals surface area (Å²) < 4.78 is 6.21. The fraction of sp³-hybridized carbons (Fsp3) is 0.179. The number of rotatable bonds is 5. The highest BCUT2D eigenvalue weighted by molar-refractivity contribution is 8.00. The number of ether oxygens (including phenoxy) is 1. The second kappa shape index (κ2) is 9.31. The average molecular weight is 468 g/mol. The van der Waals surface area contributed by atoms with Crippen LogP contribution in [0.15, 0.2) is 71.8 Å². The second-order valence-electron chi connectivity index (χ2n) is 8.59. The number of aromatic nitrogens is 2. The number of carbonyl (C=O) groups excluding carboxylic acids is 1. The molecule has 6 heteroatoms. The van der Waals surface area contributed by atoms with Crippen molar-refractivity contribution in [2.45, 2.75) is 32.2 Å². The number of aryl methyl sites for hydroxylation is 3. The lowest BCUT2D eigenvalue weighted by Crippen LogP contribution is -2.15. The van der Waals surface area contributed by atoms with Crippen LogP contribution >= 0.6 is 11.8 Å². The van der Waals surface area contributed by atoms with E-state index in [1.54, 1.807) is 0 Å². The molecule has 0 fully saturated rings. The number of benzene rings is 3. The maximum absolute atomic E-state index is 12.7. The first-order valence-electron chi connectivity index (χ1n) is 11.2. The number of thioether (sulfide) groups is 1. The maximum atomic E-state index is 12.7. The van der Waals surface area contributed by atoms with Crippen molar-refractivity contribution in [1.29, 1.82) is 0 Å². The van der Waals surface area contributed by atoms with Crippen molar-refractivity contribution in [3.05, 3.63) is 94.5 Å². The predicted octanol–water partition coefficient (Wildman–Crippen LogP) is 6.50. The van der Waals surface area contributed by atoms with Gasteiger partial charge in [0.15, 0.2) is 5.82 Å². The molecule has 2 heterocycles. The van der Waals surface area contributed by atoms with Gasteiger partial charge in [0.1, 0.15) is 10.8 Å². The molecule has 0 bridgehead atoms. The van der Waals surface area contributed by atoms with Gasteiger partial charge in [-0.3, -0.25) is 4.79 Å². The highest BCUT2D eigenvalue weighted by Gasteiger charge is 2.25. The summed E-state index contributed by atoms with van der Waals surface area (Å²) in [6, 6.07) is 22.0. The van der Waals surface area contributed by atoms with E-state index in [-0.39, 0.29) is 11.7 Å². The number of hydrogen-bond acceptors (Lipinski definition) is 5. The van der Waals surface area contributed by atoms with Crippen LogP contribution < -0.4 is 10.1 Å². The molecule has 1 aromatic heterocycles. The van der Waals surface area contributed by atoms with Gasteiger partial charge in [-0.25, -0.2) is 4.98 Å². The zero-order chi connectivity index (χ0) is 23.7. The van der Waals surface area contributed by atoms with Gasteiger partial charge < -0.3 is 10.1 Å². The molecule has 4 aromatic rings. The van der Waals surface area contributed by atoms with Crippen molar-refractivity contribution in [2.75, 3.05) is 11.1 Å². The number of nitrogens with one attached hydrogen (secondary N) is 1. The van der Waals surface area contributed by atoms with Gasteiger partial charge in [-0.15, -0.1) is 0 Å². The van der Waals surface area contributed by atoms with E-state index in [0.29, 0.717) is 18.1 Å². The van der Waals surface area contributed by atoms with Gasteiger partial charge in [-0.1, -0.05) is 77.0 Å². The van der Waals surface area contributed by atoms with E-state index >= 15 is 0 Å². The molecule has 1 aliphatic rings. The molecule has 0 aliphatic carbocycles. The van der Waals surface area contributed by atoms with E-state index < -0.39 is 0 Å². The minimum Gasteiger partial charge on any atom is -0.438 e. The molecule has 5 rings (SSSR count). The molecule has 1 amide bonds. The molecule has 0 saturated heterocycles. The fourth-order valence-electron chi connectivity index (χ4n) is 3.84. The van der Waals surface area contributed by atoms with Crippen molar-refractivity contribution >= 4 is 23.4 Å². The van der Waals surface area contributed by atoms with Gasteiger partial charge in [0.2, 0.25) is 11.8 Å². The zero-order valence-electron chi connectivity index (χ0n) is 19.4. The summed E-state index contributed by atoms with van der Waals surface area (Å²) in [7, 11) is 0. The Hall–Kier alpha value is -3.64. The van der Waals surface area contributed by atoms with E-state index in [1.165, 1.54) is 22.9 Å². The van der Waals surface area contributed by atoms with Crippen LogP contribution in [0.1, 0.15) is 27.8 Å². The normalized spacial score (nSPS) is 11.9. The Labute approximate surface area is 203 Å². The molecule has 34 heavy (non-hydrogen) atoms. The minimum absolute atomic E-state index is 0.0777. The van der Waals surface area contributed by atoms with Gasteiger partial charge in [-0.05, 0) is 44.5 Å². The summed E-state index contributed by atoms with van der Waals surface area (Å²) in [5.41, 5.74) is 7.22. The first kappa shape index (κ1) is 22.2. The van der Waals surface area contributed by atoms with Gasteiger partial charge in [0.05, 0.1) is 11.3 Å². The summed E-state index contributed by atoms with van der Waals surface area (Å²) in [6.45, 7) is 6.14. The predicted molar refractivity (Wildman–Crippen MR) is 137 cm³/mol. The van der Waals surface area contributed by atoms with Crippen molar-refractivity contribution in [3.8, 4) is 23.0 Å². The molecule has 0 saturated carbocycles. The Morgan fingerprint density at radius 3 is 2.32 bits per heavy atom. The van der Waals surface area contributed by atoms with E-state index in [2.05, 4.69) is 18.3 Å². The lowest BCUT2D eigenvalue weighted by molar-refractivity contribution is -0.113. The fourth-order valence-corrected chi connectivity index (χ4v) is 4.66. The lowest BCUT2D eigenvalue weighted by Gasteiger charge is -2.22. The first-order valence-corrected chi connectivity index (χ1v) is 12.2. The standard InChI is InChI=1S/C28H25N3O2S/c1-17-4-9-20(10-5-17)26-30-27-23(15-21-14-19(3)8-13-24(21)33-27)28(31-26)34-16-25(32)29-22-11-6-18(2)7-12-22/h4-14H,15-16H2,1-3H3,(H,29,32). The third-order valence-corrected chi connectivity index (χ3v) is 6.72. The second-order valence-corrected chi connectivity index (χ2v) is 9.56. The topological polar surface area (TPSA) is 64.1 Å². The molecule has 0 atom stereocenters. The van der Waals surface area contributed by atoms with E-state index in [4.69, 9.17) is 14.7 Å². The highest BCUT2D eigenvalue weighted by atomic mass is 32.2. The Morgan fingerprint density at radius 2 is 1.59 bits per heavy atom. The Bertz CT molecular complexity index is 1370. The van der Waals surface area contributed by atoms with Crippen molar-refractivity contribution in [1.82, 2.24) is 9.97 Å². The first-order chi connectivity index (χ1) is 16.4. The lowest BCUT2D eigenvalue weighted by atomic mass is 10.0. The van der Waals surface area contributed by atoms with Crippen molar-refractivity contribution < 1.29 is 9.53 Å². The monoisotopic (exact) mass is 467 g/mol.